The lowest BCUT2D eigenvalue weighted by Gasteiger charge is -2.08. The fourth-order valence-corrected chi connectivity index (χ4v) is 1.67. The van der Waals surface area contributed by atoms with Gasteiger partial charge in [-0.3, -0.25) is 9.67 Å². The Hall–Kier alpha value is -1.68. The van der Waals surface area contributed by atoms with Gasteiger partial charge in [0, 0.05) is 36.6 Å². The molecular formula is C13H17N3O. The number of nitrogens with zero attached hydrogens (tertiary/aromatic N) is 3. The van der Waals surface area contributed by atoms with Crippen molar-refractivity contribution in [3.05, 3.63) is 48.0 Å². The summed E-state index contributed by atoms with van der Waals surface area (Å²) in [5, 5.41) is 14.3. The molecule has 4 heteroatoms. The predicted molar refractivity (Wildman–Crippen MR) is 65.5 cm³/mol. The molecule has 0 spiro atoms. The van der Waals surface area contributed by atoms with Crippen LogP contribution in [-0.2, 0) is 6.42 Å². The molecule has 0 bridgehead atoms. The van der Waals surface area contributed by atoms with E-state index in [1.807, 2.05) is 23.0 Å². The average molecular weight is 231 g/mol. The highest BCUT2D eigenvalue weighted by molar-refractivity contribution is 5.15. The quantitative estimate of drug-likeness (QED) is 0.877. The Morgan fingerprint density at radius 3 is 2.76 bits per heavy atom. The number of aromatic nitrogens is 3. The van der Waals surface area contributed by atoms with Crippen molar-refractivity contribution in [1.29, 1.82) is 0 Å². The van der Waals surface area contributed by atoms with Gasteiger partial charge in [-0.2, -0.15) is 5.10 Å². The summed E-state index contributed by atoms with van der Waals surface area (Å²) in [6.45, 7) is 4.12. The van der Waals surface area contributed by atoms with Crippen molar-refractivity contribution < 1.29 is 5.11 Å². The van der Waals surface area contributed by atoms with Crippen LogP contribution >= 0.6 is 0 Å². The number of hydrogen-bond acceptors (Lipinski definition) is 3. The van der Waals surface area contributed by atoms with Crippen LogP contribution in [0.3, 0.4) is 0 Å². The first-order chi connectivity index (χ1) is 8.16. The van der Waals surface area contributed by atoms with Gasteiger partial charge in [0.25, 0.3) is 0 Å². The second-order valence-electron chi connectivity index (χ2n) is 4.43. The lowest BCUT2D eigenvalue weighted by atomic mass is 10.1. The predicted octanol–water partition coefficient (Wildman–Crippen LogP) is 2.14. The molecule has 0 saturated heterocycles. The minimum Gasteiger partial charge on any atom is -0.388 e. The smallest absolute Gasteiger partial charge is 0.0861 e. The maximum atomic E-state index is 10.1. The van der Waals surface area contributed by atoms with Crippen LogP contribution in [-0.4, -0.2) is 19.9 Å². The highest BCUT2D eigenvalue weighted by Crippen LogP contribution is 2.18. The summed E-state index contributed by atoms with van der Waals surface area (Å²) in [6, 6.07) is 4.15. The van der Waals surface area contributed by atoms with Crippen LogP contribution in [0.5, 0.6) is 0 Å². The maximum Gasteiger partial charge on any atom is 0.0861 e. The minimum absolute atomic E-state index is 0.314. The zero-order chi connectivity index (χ0) is 12.3. The molecule has 1 unspecified atom stereocenters. The van der Waals surface area contributed by atoms with Crippen molar-refractivity contribution >= 4 is 0 Å². The topological polar surface area (TPSA) is 50.9 Å². The third kappa shape index (κ3) is 2.91. The first-order valence-electron chi connectivity index (χ1n) is 5.78. The fourth-order valence-electron chi connectivity index (χ4n) is 1.67. The highest BCUT2D eigenvalue weighted by Gasteiger charge is 2.11. The average Bonchev–Trinajstić information content (AvgIpc) is 2.79. The number of rotatable bonds is 4. The summed E-state index contributed by atoms with van der Waals surface area (Å²) in [4.78, 5) is 4.03. The van der Waals surface area contributed by atoms with Crippen molar-refractivity contribution in [2.45, 2.75) is 32.4 Å². The van der Waals surface area contributed by atoms with E-state index in [-0.39, 0.29) is 0 Å². The molecule has 0 aliphatic heterocycles. The zero-order valence-electron chi connectivity index (χ0n) is 10.1. The third-order valence-corrected chi connectivity index (χ3v) is 2.69. The third-order valence-electron chi connectivity index (χ3n) is 2.69. The molecule has 4 nitrogen and oxygen atoms in total. The van der Waals surface area contributed by atoms with Crippen molar-refractivity contribution in [1.82, 2.24) is 14.8 Å². The second-order valence-corrected chi connectivity index (χ2v) is 4.43. The van der Waals surface area contributed by atoms with E-state index in [2.05, 4.69) is 23.9 Å². The maximum absolute atomic E-state index is 10.1. The lowest BCUT2D eigenvalue weighted by Crippen LogP contribution is -2.02. The van der Waals surface area contributed by atoms with E-state index in [0.29, 0.717) is 12.5 Å². The van der Waals surface area contributed by atoms with E-state index >= 15 is 0 Å². The summed E-state index contributed by atoms with van der Waals surface area (Å²) in [6.07, 6.45) is 7.17. The molecule has 0 amide bonds. The first-order valence-corrected chi connectivity index (χ1v) is 5.78. The van der Waals surface area contributed by atoms with Crippen LogP contribution in [0, 0.1) is 0 Å². The molecule has 0 saturated carbocycles. The Morgan fingerprint density at radius 1 is 1.35 bits per heavy atom. The van der Waals surface area contributed by atoms with Gasteiger partial charge in [0.1, 0.15) is 0 Å². The molecule has 0 fully saturated rings. The van der Waals surface area contributed by atoms with Gasteiger partial charge in [0.15, 0.2) is 0 Å². The van der Waals surface area contributed by atoms with E-state index in [1.165, 1.54) is 0 Å². The van der Waals surface area contributed by atoms with Gasteiger partial charge in [-0.1, -0.05) is 6.07 Å². The molecule has 1 atom stereocenters. The van der Waals surface area contributed by atoms with Gasteiger partial charge in [0.2, 0.25) is 0 Å². The summed E-state index contributed by atoms with van der Waals surface area (Å²) in [5.41, 5.74) is 1.87. The summed E-state index contributed by atoms with van der Waals surface area (Å²) < 4.78 is 1.85. The van der Waals surface area contributed by atoms with Crippen molar-refractivity contribution in [3.8, 4) is 0 Å². The standard InChI is InChI=1S/C13H17N3O/c1-10(2)16-9-12(8-15-16)13(17)6-11-4-3-5-14-7-11/h3-5,7-10,13,17H,6H2,1-2H3. The summed E-state index contributed by atoms with van der Waals surface area (Å²) in [5.74, 6) is 0. The Bertz CT molecular complexity index is 465. The Kier molecular flexibility index (Phi) is 3.54. The molecular weight excluding hydrogens is 214 g/mol. The Labute approximate surface area is 101 Å². The van der Waals surface area contributed by atoms with E-state index in [9.17, 15) is 5.11 Å². The van der Waals surface area contributed by atoms with Crippen LogP contribution in [0.2, 0.25) is 0 Å². The molecule has 17 heavy (non-hydrogen) atoms. The van der Waals surface area contributed by atoms with Crippen molar-refractivity contribution in [3.63, 3.8) is 0 Å². The van der Waals surface area contributed by atoms with Gasteiger partial charge in [-0.25, -0.2) is 0 Å². The van der Waals surface area contributed by atoms with E-state index in [1.54, 1.807) is 18.6 Å². The molecule has 0 aliphatic rings. The zero-order valence-corrected chi connectivity index (χ0v) is 10.1. The molecule has 2 rings (SSSR count). The SMILES string of the molecule is CC(C)n1cc(C(O)Cc2cccnc2)cn1. The van der Waals surface area contributed by atoms with Crippen LogP contribution in [0.25, 0.3) is 0 Å². The number of aliphatic hydroxyl groups excluding tert-OH is 1. The van der Waals surface area contributed by atoms with Gasteiger partial charge >= 0.3 is 0 Å². The molecule has 2 aromatic heterocycles. The molecule has 1 N–H and O–H groups in total. The van der Waals surface area contributed by atoms with E-state index in [4.69, 9.17) is 0 Å². The largest absolute Gasteiger partial charge is 0.388 e. The highest BCUT2D eigenvalue weighted by atomic mass is 16.3. The number of hydrogen-bond donors (Lipinski definition) is 1. The summed E-state index contributed by atoms with van der Waals surface area (Å²) >= 11 is 0. The number of pyridine rings is 1. The van der Waals surface area contributed by atoms with E-state index in [0.717, 1.165) is 11.1 Å². The van der Waals surface area contributed by atoms with Gasteiger partial charge in [-0.15, -0.1) is 0 Å². The van der Waals surface area contributed by atoms with E-state index < -0.39 is 6.10 Å². The minimum atomic E-state index is -0.522. The van der Waals surface area contributed by atoms with Crippen LogP contribution in [0.1, 0.15) is 37.1 Å². The molecule has 2 aromatic rings. The molecule has 0 aliphatic carbocycles. The first kappa shape index (κ1) is 11.8. The van der Waals surface area contributed by atoms with Gasteiger partial charge in [-0.05, 0) is 25.5 Å². The molecule has 0 aromatic carbocycles. The van der Waals surface area contributed by atoms with Crippen LogP contribution < -0.4 is 0 Å². The number of aliphatic hydroxyl groups is 1. The summed E-state index contributed by atoms with van der Waals surface area (Å²) in [7, 11) is 0. The van der Waals surface area contributed by atoms with Gasteiger partial charge < -0.3 is 5.11 Å². The van der Waals surface area contributed by atoms with Crippen LogP contribution in [0.4, 0.5) is 0 Å². The second kappa shape index (κ2) is 5.10. The monoisotopic (exact) mass is 231 g/mol. The van der Waals surface area contributed by atoms with Gasteiger partial charge in [0.05, 0.1) is 12.3 Å². The molecule has 2 heterocycles. The van der Waals surface area contributed by atoms with Crippen molar-refractivity contribution in [2.24, 2.45) is 0 Å². The Balaban J connectivity index is 2.07. The van der Waals surface area contributed by atoms with Crippen LogP contribution in [0.15, 0.2) is 36.9 Å². The molecule has 0 radical (unpaired) electrons. The van der Waals surface area contributed by atoms with Crippen molar-refractivity contribution in [2.75, 3.05) is 0 Å². The fraction of sp³-hybridized carbons (Fsp3) is 0.385. The molecule has 90 valence electrons. The lowest BCUT2D eigenvalue weighted by molar-refractivity contribution is 0.178. The Morgan fingerprint density at radius 2 is 2.18 bits per heavy atom. The normalized spacial score (nSPS) is 12.9.